The summed E-state index contributed by atoms with van der Waals surface area (Å²) in [7, 11) is 1.96. The molecule has 74 valence electrons. The molecule has 0 spiro atoms. The molecule has 0 aromatic carbocycles. The Morgan fingerprint density at radius 3 is 2.33 bits per heavy atom. The molecule has 0 saturated heterocycles. The highest BCUT2D eigenvalue weighted by Gasteiger charge is 1.89. The SMILES string of the molecule is CNCCCCOCCCCO. The second-order valence-corrected chi connectivity index (χ2v) is 2.85. The molecular weight excluding hydrogens is 154 g/mol. The minimum atomic E-state index is 0.281. The zero-order valence-electron chi connectivity index (χ0n) is 8.01. The number of ether oxygens (including phenoxy) is 1. The molecule has 3 heteroatoms. The molecule has 0 aliphatic heterocycles. The van der Waals surface area contributed by atoms with E-state index in [4.69, 9.17) is 9.84 Å². The van der Waals surface area contributed by atoms with Crippen LogP contribution in [0.1, 0.15) is 25.7 Å². The normalized spacial score (nSPS) is 10.5. The third-order valence-electron chi connectivity index (χ3n) is 1.66. The van der Waals surface area contributed by atoms with Crippen LogP contribution < -0.4 is 5.32 Å². The maximum absolute atomic E-state index is 8.48. The average Bonchev–Trinajstić information content (AvgIpc) is 2.10. The van der Waals surface area contributed by atoms with E-state index >= 15 is 0 Å². The van der Waals surface area contributed by atoms with Gasteiger partial charge in [0.05, 0.1) is 0 Å². The summed E-state index contributed by atoms with van der Waals surface area (Å²) in [5.41, 5.74) is 0. The molecular formula is C9H21NO2. The maximum atomic E-state index is 8.48. The van der Waals surface area contributed by atoms with E-state index in [1.165, 1.54) is 6.42 Å². The number of unbranched alkanes of at least 4 members (excludes halogenated alkanes) is 2. The Morgan fingerprint density at radius 2 is 1.75 bits per heavy atom. The number of hydrogen-bond acceptors (Lipinski definition) is 3. The van der Waals surface area contributed by atoms with E-state index in [9.17, 15) is 0 Å². The predicted molar refractivity (Wildman–Crippen MR) is 50.3 cm³/mol. The molecule has 0 aromatic rings. The topological polar surface area (TPSA) is 41.5 Å². The van der Waals surface area contributed by atoms with Gasteiger partial charge in [0.2, 0.25) is 0 Å². The zero-order chi connectivity index (χ0) is 9.07. The van der Waals surface area contributed by atoms with E-state index in [2.05, 4.69) is 5.32 Å². The minimum absolute atomic E-state index is 0.281. The molecule has 0 heterocycles. The Bertz CT molecular complexity index is 68.9. The molecule has 0 unspecified atom stereocenters. The Morgan fingerprint density at radius 1 is 1.08 bits per heavy atom. The number of aliphatic hydroxyl groups is 1. The molecule has 0 saturated carbocycles. The molecule has 0 bridgehead atoms. The van der Waals surface area contributed by atoms with Crippen LogP contribution in [-0.4, -0.2) is 38.5 Å². The van der Waals surface area contributed by atoms with Crippen molar-refractivity contribution in [2.45, 2.75) is 25.7 Å². The summed E-state index contributed by atoms with van der Waals surface area (Å²) in [4.78, 5) is 0. The third kappa shape index (κ3) is 9.88. The third-order valence-corrected chi connectivity index (χ3v) is 1.66. The molecule has 0 amide bonds. The summed E-state index contributed by atoms with van der Waals surface area (Å²) in [6, 6.07) is 0. The van der Waals surface area contributed by atoms with Gasteiger partial charge < -0.3 is 15.2 Å². The van der Waals surface area contributed by atoms with Crippen molar-refractivity contribution in [1.82, 2.24) is 5.32 Å². The number of aliphatic hydroxyl groups excluding tert-OH is 1. The molecule has 0 fully saturated rings. The summed E-state index contributed by atoms with van der Waals surface area (Å²) in [5.74, 6) is 0. The highest BCUT2D eigenvalue weighted by molar-refractivity contribution is 4.42. The molecule has 0 atom stereocenters. The number of nitrogens with one attached hydrogen (secondary N) is 1. The van der Waals surface area contributed by atoms with Crippen LogP contribution in [0.15, 0.2) is 0 Å². The Hall–Kier alpha value is -0.120. The van der Waals surface area contributed by atoms with E-state index in [-0.39, 0.29) is 6.61 Å². The molecule has 3 nitrogen and oxygen atoms in total. The molecule has 0 radical (unpaired) electrons. The molecule has 0 rings (SSSR count). The van der Waals surface area contributed by atoms with Crippen LogP contribution in [0.3, 0.4) is 0 Å². The lowest BCUT2D eigenvalue weighted by atomic mass is 10.3. The fraction of sp³-hybridized carbons (Fsp3) is 1.00. The van der Waals surface area contributed by atoms with Gasteiger partial charge in [-0.2, -0.15) is 0 Å². The van der Waals surface area contributed by atoms with E-state index in [1.807, 2.05) is 7.05 Å². The van der Waals surface area contributed by atoms with Gasteiger partial charge >= 0.3 is 0 Å². The summed E-state index contributed by atoms with van der Waals surface area (Å²) in [6.45, 7) is 3.00. The lowest BCUT2D eigenvalue weighted by molar-refractivity contribution is 0.122. The fourth-order valence-electron chi connectivity index (χ4n) is 0.924. The Balaban J connectivity index is 2.73. The fourth-order valence-corrected chi connectivity index (χ4v) is 0.924. The quantitative estimate of drug-likeness (QED) is 0.509. The molecule has 2 N–H and O–H groups in total. The van der Waals surface area contributed by atoms with Crippen molar-refractivity contribution in [1.29, 1.82) is 0 Å². The monoisotopic (exact) mass is 175 g/mol. The van der Waals surface area contributed by atoms with Gasteiger partial charge in [0.15, 0.2) is 0 Å². The minimum Gasteiger partial charge on any atom is -0.396 e. The molecule has 0 aliphatic rings. The first-order chi connectivity index (χ1) is 5.91. The summed E-state index contributed by atoms with van der Waals surface area (Å²) < 4.78 is 5.34. The standard InChI is InChI=1S/C9H21NO2/c1-10-6-2-4-8-12-9-5-3-7-11/h10-11H,2-9H2,1H3. The van der Waals surface area contributed by atoms with Crippen molar-refractivity contribution in [3.63, 3.8) is 0 Å². The van der Waals surface area contributed by atoms with Crippen LogP contribution >= 0.6 is 0 Å². The van der Waals surface area contributed by atoms with Gasteiger partial charge in [-0.25, -0.2) is 0 Å². The first kappa shape index (κ1) is 11.9. The van der Waals surface area contributed by atoms with E-state index in [0.29, 0.717) is 0 Å². The smallest absolute Gasteiger partial charge is 0.0466 e. The van der Waals surface area contributed by atoms with Gasteiger partial charge in [-0.3, -0.25) is 0 Å². The average molecular weight is 175 g/mol. The van der Waals surface area contributed by atoms with Gasteiger partial charge in [-0.05, 0) is 39.3 Å². The van der Waals surface area contributed by atoms with Crippen molar-refractivity contribution in [2.24, 2.45) is 0 Å². The highest BCUT2D eigenvalue weighted by atomic mass is 16.5. The second-order valence-electron chi connectivity index (χ2n) is 2.85. The van der Waals surface area contributed by atoms with E-state index < -0.39 is 0 Å². The molecule has 0 aromatic heterocycles. The van der Waals surface area contributed by atoms with Gasteiger partial charge in [-0.1, -0.05) is 0 Å². The van der Waals surface area contributed by atoms with Crippen molar-refractivity contribution >= 4 is 0 Å². The summed E-state index contributed by atoms with van der Waals surface area (Å²) in [6.07, 6.45) is 4.13. The number of hydrogen-bond donors (Lipinski definition) is 2. The maximum Gasteiger partial charge on any atom is 0.0466 e. The van der Waals surface area contributed by atoms with E-state index in [1.54, 1.807) is 0 Å². The van der Waals surface area contributed by atoms with Crippen LogP contribution in [0, 0.1) is 0 Å². The number of rotatable bonds is 9. The van der Waals surface area contributed by atoms with Gasteiger partial charge in [-0.15, -0.1) is 0 Å². The Kier molecular flexibility index (Phi) is 10.8. The van der Waals surface area contributed by atoms with Crippen LogP contribution in [0.2, 0.25) is 0 Å². The largest absolute Gasteiger partial charge is 0.396 e. The first-order valence-electron chi connectivity index (χ1n) is 4.75. The second kappa shape index (κ2) is 10.9. The Labute approximate surface area is 75.1 Å². The lowest BCUT2D eigenvalue weighted by Gasteiger charge is -2.02. The summed E-state index contributed by atoms with van der Waals surface area (Å²) in [5, 5.41) is 11.6. The molecule has 0 aliphatic carbocycles. The van der Waals surface area contributed by atoms with Gasteiger partial charge in [0, 0.05) is 19.8 Å². The highest BCUT2D eigenvalue weighted by Crippen LogP contribution is 1.92. The van der Waals surface area contributed by atoms with Crippen molar-refractivity contribution in [3.8, 4) is 0 Å². The summed E-state index contributed by atoms with van der Waals surface area (Å²) >= 11 is 0. The van der Waals surface area contributed by atoms with Crippen LogP contribution in [0.25, 0.3) is 0 Å². The van der Waals surface area contributed by atoms with Crippen molar-refractivity contribution in [2.75, 3.05) is 33.4 Å². The van der Waals surface area contributed by atoms with Crippen molar-refractivity contribution < 1.29 is 9.84 Å². The van der Waals surface area contributed by atoms with Crippen LogP contribution in [0.5, 0.6) is 0 Å². The van der Waals surface area contributed by atoms with Gasteiger partial charge in [0.25, 0.3) is 0 Å². The molecule has 12 heavy (non-hydrogen) atoms. The van der Waals surface area contributed by atoms with Crippen LogP contribution in [-0.2, 0) is 4.74 Å². The van der Waals surface area contributed by atoms with Crippen molar-refractivity contribution in [3.05, 3.63) is 0 Å². The zero-order valence-corrected chi connectivity index (χ0v) is 8.01. The lowest BCUT2D eigenvalue weighted by Crippen LogP contribution is -2.08. The predicted octanol–water partition coefficient (Wildman–Crippen LogP) is 0.775. The van der Waals surface area contributed by atoms with Crippen LogP contribution in [0.4, 0.5) is 0 Å². The first-order valence-corrected chi connectivity index (χ1v) is 4.75. The van der Waals surface area contributed by atoms with Gasteiger partial charge in [0.1, 0.15) is 0 Å². The van der Waals surface area contributed by atoms with E-state index in [0.717, 1.165) is 39.0 Å².